The van der Waals surface area contributed by atoms with Gasteiger partial charge in [-0.05, 0) is 19.4 Å². The van der Waals surface area contributed by atoms with E-state index < -0.39 is 6.10 Å². The first kappa shape index (κ1) is 13.0. The zero-order valence-corrected chi connectivity index (χ0v) is 11.8. The first-order valence-corrected chi connectivity index (χ1v) is 6.58. The van der Waals surface area contributed by atoms with Gasteiger partial charge in [-0.2, -0.15) is 0 Å². The van der Waals surface area contributed by atoms with Crippen LogP contribution in [0.2, 0.25) is 5.15 Å². The average Bonchev–Trinajstić information content (AvgIpc) is 2.90. The number of nitrogens with zero attached hydrogens (tertiary/aromatic N) is 4. The zero-order valence-electron chi connectivity index (χ0n) is 11.1. The molecule has 2 heterocycles. The molecule has 0 saturated carbocycles. The summed E-state index contributed by atoms with van der Waals surface area (Å²) in [5.41, 5.74) is 2.86. The topological polar surface area (TPSA) is 63.3 Å². The lowest BCUT2D eigenvalue weighted by Crippen LogP contribution is -2.08. The summed E-state index contributed by atoms with van der Waals surface area (Å²) in [6.45, 7) is 3.76. The highest BCUT2D eigenvalue weighted by Gasteiger charge is 2.21. The molecule has 0 aliphatic heterocycles. The Morgan fingerprint density at radius 3 is 2.55 bits per heavy atom. The largest absolute Gasteiger partial charge is 0.380 e. The maximum Gasteiger partial charge on any atom is 0.198 e. The molecule has 0 aliphatic carbocycles. The molecule has 0 bridgehead atoms. The molecule has 1 aromatic carbocycles. The van der Waals surface area contributed by atoms with Crippen molar-refractivity contribution in [3.8, 4) is 0 Å². The van der Waals surface area contributed by atoms with E-state index in [1.807, 2.05) is 44.2 Å². The number of aromatic nitrogens is 4. The quantitative estimate of drug-likeness (QED) is 0.787. The molecule has 5 nitrogen and oxygen atoms in total. The number of halogens is 1. The normalized spacial score (nSPS) is 12.8. The van der Waals surface area contributed by atoms with Crippen molar-refractivity contribution in [3.63, 3.8) is 0 Å². The molecule has 20 heavy (non-hydrogen) atoms. The minimum atomic E-state index is -0.859. The number of hydrogen-bond donors (Lipinski definition) is 1. The van der Waals surface area contributed by atoms with Crippen molar-refractivity contribution in [1.29, 1.82) is 0 Å². The van der Waals surface area contributed by atoms with Gasteiger partial charge in [0.05, 0.1) is 5.69 Å². The highest BCUT2D eigenvalue weighted by molar-refractivity contribution is 6.32. The zero-order chi connectivity index (χ0) is 14.3. The molecular formula is C14H13ClN4O. The summed E-state index contributed by atoms with van der Waals surface area (Å²) in [7, 11) is 0. The van der Waals surface area contributed by atoms with Gasteiger partial charge >= 0.3 is 0 Å². The van der Waals surface area contributed by atoms with Gasteiger partial charge in [0.1, 0.15) is 6.10 Å². The van der Waals surface area contributed by atoms with E-state index in [-0.39, 0.29) is 5.15 Å². The number of aliphatic hydroxyl groups excluding tert-OH is 1. The fourth-order valence-electron chi connectivity index (χ4n) is 2.16. The predicted octanol–water partition coefficient (Wildman–Crippen LogP) is 2.48. The number of aryl methyl sites for hydroxylation is 2. The van der Waals surface area contributed by atoms with E-state index in [1.54, 1.807) is 4.40 Å². The van der Waals surface area contributed by atoms with E-state index in [4.69, 9.17) is 11.6 Å². The second kappa shape index (κ2) is 4.85. The van der Waals surface area contributed by atoms with Gasteiger partial charge in [-0.15, -0.1) is 10.2 Å². The monoisotopic (exact) mass is 288 g/mol. The van der Waals surface area contributed by atoms with Crippen LogP contribution in [0.15, 0.2) is 30.3 Å². The molecule has 1 unspecified atom stereocenters. The van der Waals surface area contributed by atoms with E-state index >= 15 is 0 Å². The molecule has 0 amide bonds. The lowest BCUT2D eigenvalue weighted by atomic mass is 10.1. The fourth-order valence-corrected chi connectivity index (χ4v) is 2.41. The van der Waals surface area contributed by atoms with Crippen molar-refractivity contribution in [2.24, 2.45) is 0 Å². The predicted molar refractivity (Wildman–Crippen MR) is 75.8 cm³/mol. The van der Waals surface area contributed by atoms with Gasteiger partial charge in [-0.1, -0.05) is 41.9 Å². The third-order valence-electron chi connectivity index (χ3n) is 3.36. The standard InChI is InChI=1S/C14H13ClN4O/c1-8-9(2)19-13(17-18-14(19)12(15)16-8)11(20)10-6-4-3-5-7-10/h3-7,11,20H,1-2H3. The molecule has 2 aromatic heterocycles. The van der Waals surface area contributed by atoms with Crippen LogP contribution in [-0.4, -0.2) is 24.7 Å². The van der Waals surface area contributed by atoms with Crippen molar-refractivity contribution in [2.75, 3.05) is 0 Å². The highest BCUT2D eigenvalue weighted by Crippen LogP contribution is 2.25. The van der Waals surface area contributed by atoms with Crippen molar-refractivity contribution in [1.82, 2.24) is 19.6 Å². The number of fused-ring (bicyclic) bond motifs is 1. The second-order valence-electron chi connectivity index (χ2n) is 4.60. The number of benzene rings is 1. The molecule has 0 aliphatic rings. The molecule has 0 radical (unpaired) electrons. The minimum absolute atomic E-state index is 0.284. The van der Waals surface area contributed by atoms with Gasteiger partial charge < -0.3 is 5.11 Å². The summed E-state index contributed by atoms with van der Waals surface area (Å²) >= 11 is 6.08. The molecule has 3 rings (SSSR count). The molecule has 1 atom stereocenters. The van der Waals surface area contributed by atoms with Gasteiger partial charge in [0.25, 0.3) is 0 Å². The summed E-state index contributed by atoms with van der Waals surface area (Å²) in [5, 5.41) is 18.9. The number of hydrogen-bond acceptors (Lipinski definition) is 4. The Kier molecular flexibility index (Phi) is 3.16. The lowest BCUT2D eigenvalue weighted by Gasteiger charge is -2.12. The van der Waals surface area contributed by atoms with E-state index in [2.05, 4.69) is 15.2 Å². The van der Waals surface area contributed by atoms with Crippen molar-refractivity contribution in [3.05, 3.63) is 58.3 Å². The van der Waals surface area contributed by atoms with E-state index in [0.29, 0.717) is 11.5 Å². The first-order valence-electron chi connectivity index (χ1n) is 6.20. The Balaban J connectivity index is 2.23. The summed E-state index contributed by atoms with van der Waals surface area (Å²) in [6.07, 6.45) is -0.859. The van der Waals surface area contributed by atoms with Crippen molar-refractivity contribution >= 4 is 17.2 Å². The number of aliphatic hydroxyl groups is 1. The molecule has 102 valence electrons. The first-order chi connectivity index (χ1) is 9.59. The van der Waals surface area contributed by atoms with E-state index in [1.165, 1.54) is 0 Å². The van der Waals surface area contributed by atoms with Crippen molar-refractivity contribution < 1.29 is 5.11 Å². The van der Waals surface area contributed by atoms with Gasteiger partial charge in [0.2, 0.25) is 0 Å². The Bertz CT molecular complexity index is 770. The maximum absolute atomic E-state index is 10.5. The van der Waals surface area contributed by atoms with Crippen LogP contribution in [0, 0.1) is 13.8 Å². The molecular weight excluding hydrogens is 276 g/mol. The SMILES string of the molecule is Cc1nc(Cl)c2nnc(C(O)c3ccccc3)n2c1C. The Hall–Kier alpha value is -1.98. The van der Waals surface area contributed by atoms with Gasteiger partial charge in [0, 0.05) is 5.69 Å². The summed E-state index contributed by atoms with van der Waals surface area (Å²) in [6, 6.07) is 9.32. The highest BCUT2D eigenvalue weighted by atomic mass is 35.5. The fraction of sp³-hybridized carbons (Fsp3) is 0.214. The second-order valence-corrected chi connectivity index (χ2v) is 4.96. The van der Waals surface area contributed by atoms with Crippen LogP contribution < -0.4 is 0 Å². The Labute approximate surface area is 120 Å². The van der Waals surface area contributed by atoms with Crippen LogP contribution in [0.1, 0.15) is 28.9 Å². The number of rotatable bonds is 2. The van der Waals surface area contributed by atoms with Gasteiger partial charge in [-0.25, -0.2) is 4.98 Å². The third-order valence-corrected chi connectivity index (χ3v) is 3.61. The Morgan fingerprint density at radius 2 is 1.85 bits per heavy atom. The maximum atomic E-state index is 10.5. The molecule has 1 N–H and O–H groups in total. The van der Waals surface area contributed by atoms with Crippen LogP contribution in [0.4, 0.5) is 0 Å². The van der Waals surface area contributed by atoms with Crippen LogP contribution in [-0.2, 0) is 0 Å². The molecule has 3 aromatic rings. The van der Waals surface area contributed by atoms with Gasteiger partial charge in [-0.3, -0.25) is 4.40 Å². The average molecular weight is 289 g/mol. The van der Waals surface area contributed by atoms with Crippen LogP contribution >= 0.6 is 11.6 Å². The van der Waals surface area contributed by atoms with Gasteiger partial charge in [0.15, 0.2) is 16.6 Å². The van der Waals surface area contributed by atoms with E-state index in [9.17, 15) is 5.11 Å². The minimum Gasteiger partial charge on any atom is -0.380 e. The smallest absolute Gasteiger partial charge is 0.198 e. The third kappa shape index (κ3) is 1.95. The molecule has 6 heteroatoms. The summed E-state index contributed by atoms with van der Waals surface area (Å²) in [4.78, 5) is 4.21. The summed E-state index contributed by atoms with van der Waals surface area (Å²) < 4.78 is 1.75. The summed E-state index contributed by atoms with van der Waals surface area (Å²) in [5.74, 6) is 0.441. The molecule has 0 fully saturated rings. The van der Waals surface area contributed by atoms with Crippen LogP contribution in [0.5, 0.6) is 0 Å². The molecule has 0 spiro atoms. The van der Waals surface area contributed by atoms with Crippen molar-refractivity contribution in [2.45, 2.75) is 20.0 Å². The van der Waals surface area contributed by atoms with Crippen LogP contribution in [0.25, 0.3) is 5.65 Å². The Morgan fingerprint density at radius 1 is 1.15 bits per heavy atom. The van der Waals surface area contributed by atoms with E-state index in [0.717, 1.165) is 17.0 Å². The lowest BCUT2D eigenvalue weighted by molar-refractivity contribution is 0.208. The van der Waals surface area contributed by atoms with Crippen LogP contribution in [0.3, 0.4) is 0 Å². The molecule has 0 saturated heterocycles.